The van der Waals surface area contributed by atoms with E-state index in [1.165, 1.54) is 7.11 Å². The third-order valence-corrected chi connectivity index (χ3v) is 3.38. The Bertz CT molecular complexity index is 380. The van der Waals surface area contributed by atoms with Gasteiger partial charge in [0.05, 0.1) is 12.7 Å². The molecular formula is C12H14O4. The number of rotatable bonds is 1. The van der Waals surface area contributed by atoms with E-state index < -0.39 is 5.97 Å². The highest BCUT2D eigenvalue weighted by atomic mass is 16.5. The van der Waals surface area contributed by atoms with Gasteiger partial charge in [0.1, 0.15) is 5.78 Å². The molecule has 4 heteroatoms. The minimum Gasteiger partial charge on any atom is -0.465 e. The maximum atomic E-state index is 11.7. The van der Waals surface area contributed by atoms with Gasteiger partial charge in [-0.05, 0) is 18.8 Å². The van der Waals surface area contributed by atoms with Gasteiger partial charge in [-0.15, -0.1) is 0 Å². The van der Waals surface area contributed by atoms with Gasteiger partial charge in [0.15, 0.2) is 5.78 Å². The van der Waals surface area contributed by atoms with E-state index in [1.807, 2.05) is 0 Å². The standard InChI is InChI=1S/C12H14O4/c1-16-12(15)9-5-7-3-2-4-10(13)8(7)6-11(9)14/h5,7-8H,2-4,6H2,1H3. The van der Waals surface area contributed by atoms with Crippen LogP contribution in [0.1, 0.15) is 25.7 Å². The zero-order valence-corrected chi connectivity index (χ0v) is 9.19. The molecule has 0 radical (unpaired) electrons. The average molecular weight is 222 g/mol. The molecular weight excluding hydrogens is 208 g/mol. The number of carbonyl (C=O) groups excluding carboxylic acids is 3. The molecule has 2 aliphatic carbocycles. The van der Waals surface area contributed by atoms with Crippen molar-refractivity contribution >= 4 is 17.5 Å². The number of allylic oxidation sites excluding steroid dienone is 1. The summed E-state index contributed by atoms with van der Waals surface area (Å²) in [4.78, 5) is 34.6. The molecule has 1 saturated carbocycles. The number of hydrogen-bond donors (Lipinski definition) is 0. The van der Waals surface area contributed by atoms with Gasteiger partial charge in [0.25, 0.3) is 0 Å². The van der Waals surface area contributed by atoms with Crippen LogP contribution in [0.3, 0.4) is 0 Å². The molecule has 1 fully saturated rings. The molecule has 86 valence electrons. The van der Waals surface area contributed by atoms with Crippen molar-refractivity contribution in [2.24, 2.45) is 11.8 Å². The van der Waals surface area contributed by atoms with Crippen molar-refractivity contribution in [1.29, 1.82) is 0 Å². The number of esters is 1. The fraction of sp³-hybridized carbons (Fsp3) is 0.583. The molecule has 2 rings (SSSR count). The van der Waals surface area contributed by atoms with Crippen LogP contribution in [0.2, 0.25) is 0 Å². The first-order valence-electron chi connectivity index (χ1n) is 5.49. The Labute approximate surface area is 93.7 Å². The third-order valence-electron chi connectivity index (χ3n) is 3.38. The van der Waals surface area contributed by atoms with Gasteiger partial charge in [-0.1, -0.05) is 6.08 Å². The predicted molar refractivity (Wildman–Crippen MR) is 55.6 cm³/mol. The predicted octanol–water partition coefficient (Wildman–Crippen LogP) is 1.04. The number of Topliss-reactive ketones (excluding diaryl/α,β-unsaturated/α-hetero) is 2. The second-order valence-electron chi connectivity index (χ2n) is 4.33. The Morgan fingerprint density at radius 2 is 2.19 bits per heavy atom. The maximum absolute atomic E-state index is 11.7. The van der Waals surface area contributed by atoms with E-state index >= 15 is 0 Å². The summed E-state index contributed by atoms with van der Waals surface area (Å²) in [5.41, 5.74) is 0.124. The van der Waals surface area contributed by atoms with Crippen LogP contribution in [0.15, 0.2) is 11.6 Å². The van der Waals surface area contributed by atoms with Gasteiger partial charge in [-0.25, -0.2) is 4.79 Å². The lowest BCUT2D eigenvalue weighted by Crippen LogP contribution is -2.35. The summed E-state index contributed by atoms with van der Waals surface area (Å²) in [6.07, 6.45) is 4.10. The van der Waals surface area contributed by atoms with E-state index in [0.29, 0.717) is 6.42 Å². The van der Waals surface area contributed by atoms with Crippen molar-refractivity contribution in [3.05, 3.63) is 11.6 Å². The molecule has 0 bridgehead atoms. The second kappa shape index (κ2) is 4.20. The summed E-state index contributed by atoms with van der Waals surface area (Å²) in [7, 11) is 1.26. The summed E-state index contributed by atoms with van der Waals surface area (Å²) in [5, 5.41) is 0. The minimum absolute atomic E-state index is 0.0491. The third kappa shape index (κ3) is 1.79. The van der Waals surface area contributed by atoms with Crippen molar-refractivity contribution in [3.63, 3.8) is 0 Å². The Kier molecular flexibility index (Phi) is 2.90. The number of hydrogen-bond acceptors (Lipinski definition) is 4. The molecule has 0 aromatic carbocycles. The molecule has 4 nitrogen and oxygen atoms in total. The van der Waals surface area contributed by atoms with Crippen LogP contribution in [0.5, 0.6) is 0 Å². The summed E-state index contributed by atoms with van der Waals surface area (Å²) >= 11 is 0. The average Bonchev–Trinajstić information content (AvgIpc) is 2.29. The molecule has 0 aromatic heterocycles. The molecule has 0 N–H and O–H groups in total. The van der Waals surface area contributed by atoms with Gasteiger partial charge in [0, 0.05) is 18.8 Å². The van der Waals surface area contributed by atoms with Gasteiger partial charge in [-0.2, -0.15) is 0 Å². The molecule has 2 aliphatic rings. The van der Waals surface area contributed by atoms with Crippen LogP contribution < -0.4 is 0 Å². The van der Waals surface area contributed by atoms with E-state index in [2.05, 4.69) is 4.74 Å². The quantitative estimate of drug-likeness (QED) is 0.491. The lowest BCUT2D eigenvalue weighted by Gasteiger charge is -2.31. The van der Waals surface area contributed by atoms with Gasteiger partial charge in [0.2, 0.25) is 0 Å². The number of ether oxygens (including phenoxy) is 1. The molecule has 0 heterocycles. The topological polar surface area (TPSA) is 60.4 Å². The lowest BCUT2D eigenvalue weighted by atomic mass is 9.71. The van der Waals surface area contributed by atoms with Gasteiger partial charge in [-0.3, -0.25) is 9.59 Å². The van der Waals surface area contributed by atoms with Gasteiger partial charge >= 0.3 is 5.97 Å². The van der Waals surface area contributed by atoms with E-state index in [-0.39, 0.29) is 35.4 Å². The smallest absolute Gasteiger partial charge is 0.341 e. The van der Waals surface area contributed by atoms with Crippen LogP contribution in [0.25, 0.3) is 0 Å². The number of carbonyl (C=O) groups is 3. The Hall–Kier alpha value is -1.45. The summed E-state index contributed by atoms with van der Waals surface area (Å²) in [5.74, 6) is -0.836. The first-order valence-corrected chi connectivity index (χ1v) is 5.49. The second-order valence-corrected chi connectivity index (χ2v) is 4.33. The zero-order chi connectivity index (χ0) is 11.7. The first kappa shape index (κ1) is 11.0. The van der Waals surface area contributed by atoms with E-state index in [0.717, 1.165) is 12.8 Å². The largest absolute Gasteiger partial charge is 0.465 e. The highest BCUT2D eigenvalue weighted by Gasteiger charge is 2.38. The molecule has 2 unspecified atom stereocenters. The van der Waals surface area contributed by atoms with Crippen LogP contribution in [-0.2, 0) is 19.1 Å². The Morgan fingerprint density at radius 1 is 1.44 bits per heavy atom. The number of methoxy groups -OCH3 is 1. The summed E-state index contributed by atoms with van der Waals surface area (Å²) in [6.45, 7) is 0. The van der Waals surface area contributed by atoms with Crippen LogP contribution in [0, 0.1) is 11.8 Å². The summed E-state index contributed by atoms with van der Waals surface area (Å²) < 4.78 is 4.55. The highest BCUT2D eigenvalue weighted by Crippen LogP contribution is 2.36. The number of ketones is 2. The van der Waals surface area contributed by atoms with Crippen molar-refractivity contribution in [2.45, 2.75) is 25.7 Å². The molecule has 0 spiro atoms. The minimum atomic E-state index is -0.582. The lowest BCUT2D eigenvalue weighted by molar-refractivity contribution is -0.139. The van der Waals surface area contributed by atoms with Crippen molar-refractivity contribution in [2.75, 3.05) is 7.11 Å². The Morgan fingerprint density at radius 3 is 2.88 bits per heavy atom. The molecule has 0 saturated heterocycles. The van der Waals surface area contributed by atoms with Crippen LogP contribution in [0.4, 0.5) is 0 Å². The zero-order valence-electron chi connectivity index (χ0n) is 9.19. The fourth-order valence-corrected chi connectivity index (χ4v) is 2.51. The van der Waals surface area contributed by atoms with Crippen molar-refractivity contribution < 1.29 is 19.1 Å². The highest BCUT2D eigenvalue weighted by molar-refractivity contribution is 6.18. The number of fused-ring (bicyclic) bond motifs is 1. The summed E-state index contributed by atoms with van der Waals surface area (Å²) in [6, 6.07) is 0. The van der Waals surface area contributed by atoms with E-state index in [1.54, 1.807) is 6.08 Å². The monoisotopic (exact) mass is 222 g/mol. The molecule has 0 amide bonds. The molecule has 2 atom stereocenters. The van der Waals surface area contributed by atoms with E-state index in [4.69, 9.17) is 0 Å². The van der Waals surface area contributed by atoms with Crippen LogP contribution in [-0.4, -0.2) is 24.6 Å². The molecule has 0 aromatic rings. The van der Waals surface area contributed by atoms with Crippen molar-refractivity contribution in [1.82, 2.24) is 0 Å². The van der Waals surface area contributed by atoms with Gasteiger partial charge < -0.3 is 4.74 Å². The normalized spacial score (nSPS) is 29.4. The Balaban J connectivity index is 2.27. The fourth-order valence-electron chi connectivity index (χ4n) is 2.51. The molecule has 16 heavy (non-hydrogen) atoms. The van der Waals surface area contributed by atoms with Crippen LogP contribution >= 0.6 is 0 Å². The van der Waals surface area contributed by atoms with Crippen molar-refractivity contribution in [3.8, 4) is 0 Å². The molecule has 0 aliphatic heterocycles. The van der Waals surface area contributed by atoms with E-state index in [9.17, 15) is 14.4 Å². The maximum Gasteiger partial charge on any atom is 0.341 e. The SMILES string of the molecule is COC(=O)C1=CC2CCCC(=O)C2CC1=O. The first-order chi connectivity index (χ1) is 7.63.